The maximum Gasteiger partial charge on any atom is 0.196 e. The normalized spacial score (nSPS) is 11.0. The summed E-state index contributed by atoms with van der Waals surface area (Å²) in [5.74, 6) is 1.68. The fraction of sp³-hybridized carbons (Fsp3) is 0.174. The van der Waals surface area contributed by atoms with E-state index in [1.807, 2.05) is 12.1 Å². The van der Waals surface area contributed by atoms with Gasteiger partial charge in [-0.3, -0.25) is 9.55 Å². The van der Waals surface area contributed by atoms with Crippen LogP contribution in [0.15, 0.2) is 72.1 Å². The highest BCUT2D eigenvalue weighted by Gasteiger charge is 2.16. The van der Waals surface area contributed by atoms with Crippen LogP contribution in [0.5, 0.6) is 0 Å². The number of thioether (sulfide) groups is 1. The van der Waals surface area contributed by atoms with Gasteiger partial charge >= 0.3 is 0 Å². The van der Waals surface area contributed by atoms with Gasteiger partial charge in [0, 0.05) is 29.4 Å². The molecule has 0 radical (unpaired) electrons. The lowest BCUT2D eigenvalue weighted by molar-refractivity contribution is 0.885. The molecule has 0 unspecified atom stereocenters. The Morgan fingerprint density at radius 1 is 0.821 bits per heavy atom. The van der Waals surface area contributed by atoms with Gasteiger partial charge in [-0.25, -0.2) is 0 Å². The molecule has 0 N–H and O–H groups in total. The predicted molar refractivity (Wildman–Crippen MR) is 115 cm³/mol. The molecular formula is C23H22N4S. The molecule has 0 aliphatic heterocycles. The van der Waals surface area contributed by atoms with Gasteiger partial charge in [0.25, 0.3) is 0 Å². The minimum atomic E-state index is 0.828. The summed E-state index contributed by atoms with van der Waals surface area (Å²) in [7, 11) is 0. The molecule has 5 heteroatoms. The highest BCUT2D eigenvalue weighted by molar-refractivity contribution is 7.98. The molecule has 4 rings (SSSR count). The second-order valence-corrected chi connectivity index (χ2v) is 7.87. The molecule has 4 aromatic rings. The molecule has 0 saturated carbocycles. The van der Waals surface area contributed by atoms with Gasteiger partial charge in [-0.05, 0) is 56.2 Å². The van der Waals surface area contributed by atoms with E-state index < -0.39 is 0 Å². The van der Waals surface area contributed by atoms with Gasteiger partial charge in [-0.2, -0.15) is 0 Å². The molecule has 4 nitrogen and oxygen atoms in total. The van der Waals surface area contributed by atoms with Crippen molar-refractivity contribution >= 4 is 11.8 Å². The van der Waals surface area contributed by atoms with E-state index in [1.165, 1.54) is 22.3 Å². The highest BCUT2D eigenvalue weighted by Crippen LogP contribution is 2.30. The Labute approximate surface area is 169 Å². The van der Waals surface area contributed by atoms with Gasteiger partial charge < -0.3 is 0 Å². The largest absolute Gasteiger partial charge is 0.270 e. The highest BCUT2D eigenvalue weighted by atomic mass is 32.2. The zero-order valence-corrected chi connectivity index (χ0v) is 17.1. The van der Waals surface area contributed by atoms with Crippen LogP contribution in [0.2, 0.25) is 0 Å². The molecular weight excluding hydrogens is 364 g/mol. The summed E-state index contributed by atoms with van der Waals surface area (Å²) >= 11 is 1.71. The summed E-state index contributed by atoms with van der Waals surface area (Å²) < 4.78 is 2.13. The van der Waals surface area contributed by atoms with Crippen LogP contribution in [0.3, 0.4) is 0 Å². The Morgan fingerprint density at radius 2 is 1.54 bits per heavy atom. The molecule has 0 amide bonds. The van der Waals surface area contributed by atoms with E-state index in [1.54, 1.807) is 24.2 Å². The second-order valence-electron chi connectivity index (χ2n) is 6.93. The van der Waals surface area contributed by atoms with Crippen molar-refractivity contribution < 1.29 is 0 Å². The van der Waals surface area contributed by atoms with E-state index in [4.69, 9.17) is 0 Å². The van der Waals surface area contributed by atoms with E-state index >= 15 is 0 Å². The zero-order chi connectivity index (χ0) is 19.5. The van der Waals surface area contributed by atoms with Crippen LogP contribution in [0.25, 0.3) is 17.1 Å². The number of aromatic nitrogens is 4. The van der Waals surface area contributed by atoms with Crippen LogP contribution in [-0.4, -0.2) is 19.7 Å². The van der Waals surface area contributed by atoms with Crippen LogP contribution >= 0.6 is 11.8 Å². The molecule has 0 aliphatic rings. The molecule has 2 heterocycles. The fourth-order valence-electron chi connectivity index (χ4n) is 3.08. The van der Waals surface area contributed by atoms with E-state index in [0.717, 1.165) is 28.0 Å². The SMILES string of the molecule is Cc1ccc(-n2c(SCc3cc(C)ccc3C)nnc2-c2ccncc2)cc1. The standard InChI is InChI=1S/C23H22N4S/c1-16-5-8-21(9-6-16)27-22(19-10-12-24-13-11-19)25-26-23(27)28-15-20-14-17(2)4-7-18(20)3/h4-14H,15H2,1-3H3. The molecule has 0 atom stereocenters. The van der Waals surface area contributed by atoms with E-state index in [0.29, 0.717) is 0 Å². The van der Waals surface area contributed by atoms with Crippen molar-refractivity contribution in [2.24, 2.45) is 0 Å². The first-order valence-electron chi connectivity index (χ1n) is 9.23. The summed E-state index contributed by atoms with van der Waals surface area (Å²) in [5.41, 5.74) is 7.20. The van der Waals surface area contributed by atoms with Crippen LogP contribution in [0, 0.1) is 20.8 Å². The molecule has 0 fully saturated rings. The van der Waals surface area contributed by atoms with Crippen molar-refractivity contribution in [2.75, 3.05) is 0 Å². The third-order valence-corrected chi connectivity index (χ3v) is 5.70. The monoisotopic (exact) mass is 386 g/mol. The Hall–Kier alpha value is -2.92. The topological polar surface area (TPSA) is 43.6 Å². The molecule has 2 aromatic carbocycles. The lowest BCUT2D eigenvalue weighted by Gasteiger charge is -2.11. The Balaban J connectivity index is 1.74. The van der Waals surface area contributed by atoms with E-state index in [9.17, 15) is 0 Å². The number of benzene rings is 2. The van der Waals surface area contributed by atoms with Gasteiger partial charge in [0.15, 0.2) is 11.0 Å². The fourth-order valence-corrected chi connectivity index (χ4v) is 4.09. The number of rotatable bonds is 5. The van der Waals surface area contributed by atoms with E-state index in [2.05, 4.69) is 83.0 Å². The third-order valence-electron chi connectivity index (χ3n) is 4.73. The first-order chi connectivity index (χ1) is 13.6. The van der Waals surface area contributed by atoms with Crippen molar-refractivity contribution in [1.82, 2.24) is 19.7 Å². The van der Waals surface area contributed by atoms with Crippen LogP contribution in [-0.2, 0) is 5.75 Å². The lowest BCUT2D eigenvalue weighted by Crippen LogP contribution is -2.00. The van der Waals surface area contributed by atoms with Crippen LogP contribution in [0.1, 0.15) is 22.3 Å². The average Bonchev–Trinajstić information content (AvgIpc) is 3.14. The zero-order valence-electron chi connectivity index (χ0n) is 16.3. The van der Waals surface area contributed by atoms with Crippen molar-refractivity contribution in [2.45, 2.75) is 31.7 Å². The lowest BCUT2D eigenvalue weighted by atomic mass is 10.1. The molecule has 0 aliphatic carbocycles. The number of nitrogens with zero attached hydrogens (tertiary/aromatic N) is 4. The minimum Gasteiger partial charge on any atom is -0.270 e. The summed E-state index contributed by atoms with van der Waals surface area (Å²) in [6.45, 7) is 6.38. The second kappa shape index (κ2) is 7.98. The van der Waals surface area contributed by atoms with Gasteiger partial charge in [0.2, 0.25) is 0 Å². The first-order valence-corrected chi connectivity index (χ1v) is 10.2. The van der Waals surface area contributed by atoms with Crippen molar-refractivity contribution in [3.63, 3.8) is 0 Å². The van der Waals surface area contributed by atoms with Gasteiger partial charge in [-0.1, -0.05) is 53.2 Å². The van der Waals surface area contributed by atoms with Gasteiger partial charge in [-0.15, -0.1) is 10.2 Å². The maximum absolute atomic E-state index is 4.51. The van der Waals surface area contributed by atoms with Crippen LogP contribution in [0.4, 0.5) is 0 Å². The van der Waals surface area contributed by atoms with Crippen LogP contribution < -0.4 is 0 Å². The minimum absolute atomic E-state index is 0.828. The third kappa shape index (κ3) is 3.85. The van der Waals surface area contributed by atoms with Gasteiger partial charge in [0.05, 0.1) is 0 Å². The smallest absolute Gasteiger partial charge is 0.196 e. The quantitative estimate of drug-likeness (QED) is 0.422. The number of aryl methyl sites for hydroxylation is 3. The molecule has 28 heavy (non-hydrogen) atoms. The average molecular weight is 387 g/mol. The Bertz CT molecular complexity index is 1090. The Morgan fingerprint density at radius 3 is 2.29 bits per heavy atom. The number of hydrogen-bond donors (Lipinski definition) is 0. The molecule has 0 bridgehead atoms. The maximum atomic E-state index is 4.51. The summed E-state index contributed by atoms with van der Waals surface area (Å²) in [5, 5.41) is 9.90. The first kappa shape index (κ1) is 18.4. The summed E-state index contributed by atoms with van der Waals surface area (Å²) in [6.07, 6.45) is 3.57. The van der Waals surface area contributed by atoms with Gasteiger partial charge in [0.1, 0.15) is 0 Å². The molecule has 140 valence electrons. The summed E-state index contributed by atoms with van der Waals surface area (Å²) in [6, 6.07) is 19.0. The van der Waals surface area contributed by atoms with E-state index in [-0.39, 0.29) is 0 Å². The summed E-state index contributed by atoms with van der Waals surface area (Å²) in [4.78, 5) is 4.12. The predicted octanol–water partition coefficient (Wildman–Crippen LogP) is 5.55. The van der Waals surface area contributed by atoms with Crippen molar-refractivity contribution in [1.29, 1.82) is 0 Å². The van der Waals surface area contributed by atoms with Crippen molar-refractivity contribution in [3.8, 4) is 17.1 Å². The molecule has 0 spiro atoms. The molecule has 0 saturated heterocycles. The Kier molecular flexibility index (Phi) is 5.26. The van der Waals surface area contributed by atoms with Crippen molar-refractivity contribution in [3.05, 3.63) is 89.2 Å². The number of pyridine rings is 1. The number of hydrogen-bond acceptors (Lipinski definition) is 4. The molecule has 2 aromatic heterocycles.